The third-order valence-electron chi connectivity index (χ3n) is 6.29. The summed E-state index contributed by atoms with van der Waals surface area (Å²) in [5.41, 5.74) is 8.43. The molecule has 2 nitrogen and oxygen atoms in total. The molecule has 1 atom stereocenters. The zero-order valence-corrected chi connectivity index (χ0v) is 15.6. The van der Waals surface area contributed by atoms with E-state index >= 15 is 0 Å². The minimum atomic E-state index is -0.0237. The van der Waals surface area contributed by atoms with Gasteiger partial charge in [-0.2, -0.15) is 0 Å². The Hall–Kier alpha value is -2.58. The van der Waals surface area contributed by atoms with Gasteiger partial charge < -0.3 is 10.0 Å². The fraction of sp³-hybridized carbons (Fsp3) is 0.280. The quantitative estimate of drug-likeness (QED) is 0.670. The second kappa shape index (κ2) is 6.54. The highest BCUT2D eigenvalue weighted by Gasteiger charge is 2.48. The van der Waals surface area contributed by atoms with Gasteiger partial charge in [0.25, 0.3) is 0 Å². The maximum absolute atomic E-state index is 9.31. The summed E-state index contributed by atoms with van der Waals surface area (Å²) in [6.45, 7) is 1.25. The van der Waals surface area contributed by atoms with E-state index in [-0.39, 0.29) is 12.1 Å². The second-order valence-corrected chi connectivity index (χ2v) is 7.80. The van der Waals surface area contributed by atoms with Crippen LogP contribution < -0.4 is 4.90 Å². The third-order valence-corrected chi connectivity index (χ3v) is 6.29. The van der Waals surface area contributed by atoms with Gasteiger partial charge >= 0.3 is 0 Å². The van der Waals surface area contributed by atoms with Gasteiger partial charge in [-0.3, -0.25) is 0 Å². The lowest BCUT2D eigenvalue weighted by molar-refractivity contribution is 0.282. The number of unbranched alkanes of at least 4 members (excludes halogenated alkanes) is 1. The van der Waals surface area contributed by atoms with Gasteiger partial charge in [-0.25, -0.2) is 0 Å². The molecule has 0 bridgehead atoms. The van der Waals surface area contributed by atoms with Crippen molar-refractivity contribution >= 4 is 5.69 Å². The van der Waals surface area contributed by atoms with Crippen LogP contribution in [-0.2, 0) is 18.4 Å². The largest absolute Gasteiger partial charge is 0.396 e. The SMILES string of the molecule is OCCCCN1c2ccccc2CC12Cc1ccccc1-c1ccccc12. The molecule has 0 fully saturated rings. The fourth-order valence-corrected chi connectivity index (χ4v) is 5.15. The molecule has 3 aromatic rings. The summed E-state index contributed by atoms with van der Waals surface area (Å²) in [5, 5.41) is 9.31. The number of nitrogens with zero attached hydrogens (tertiary/aromatic N) is 1. The molecule has 136 valence electrons. The van der Waals surface area contributed by atoms with Crippen molar-refractivity contribution in [3.63, 3.8) is 0 Å². The standard InChI is InChI=1S/C25H25NO/c27-16-8-7-15-26-24-14-6-2-10-20(24)18-25(26)17-19-9-1-3-11-21(19)22-12-4-5-13-23(22)25/h1-6,9-14,27H,7-8,15-18H2. The molecule has 27 heavy (non-hydrogen) atoms. The summed E-state index contributed by atoms with van der Waals surface area (Å²) >= 11 is 0. The molecule has 1 N–H and O–H groups in total. The second-order valence-electron chi connectivity index (χ2n) is 7.80. The molecule has 0 saturated heterocycles. The first-order valence-corrected chi connectivity index (χ1v) is 9.98. The van der Waals surface area contributed by atoms with Gasteiger partial charge in [0.1, 0.15) is 0 Å². The van der Waals surface area contributed by atoms with Gasteiger partial charge in [0.15, 0.2) is 0 Å². The normalized spacial score (nSPS) is 19.7. The summed E-state index contributed by atoms with van der Waals surface area (Å²) < 4.78 is 0. The maximum Gasteiger partial charge on any atom is 0.0741 e. The predicted molar refractivity (Wildman–Crippen MR) is 111 cm³/mol. The minimum Gasteiger partial charge on any atom is -0.396 e. The van der Waals surface area contributed by atoms with Gasteiger partial charge in [-0.1, -0.05) is 66.7 Å². The Morgan fingerprint density at radius 1 is 0.741 bits per heavy atom. The molecular formula is C25H25NO. The van der Waals surface area contributed by atoms with Crippen LogP contribution in [0.4, 0.5) is 5.69 Å². The molecular weight excluding hydrogens is 330 g/mol. The highest BCUT2D eigenvalue weighted by atomic mass is 16.2. The van der Waals surface area contributed by atoms with Crippen LogP contribution in [0.5, 0.6) is 0 Å². The molecule has 0 radical (unpaired) electrons. The van der Waals surface area contributed by atoms with E-state index < -0.39 is 0 Å². The number of hydrogen-bond donors (Lipinski definition) is 1. The molecule has 5 rings (SSSR count). The number of hydrogen-bond acceptors (Lipinski definition) is 2. The topological polar surface area (TPSA) is 23.5 Å². The number of benzene rings is 3. The van der Waals surface area contributed by atoms with Crippen LogP contribution in [0.25, 0.3) is 11.1 Å². The van der Waals surface area contributed by atoms with Crippen LogP contribution in [0.15, 0.2) is 72.8 Å². The van der Waals surface area contributed by atoms with Crippen molar-refractivity contribution in [3.8, 4) is 11.1 Å². The van der Waals surface area contributed by atoms with Gasteiger partial charge in [0.05, 0.1) is 5.54 Å². The van der Waals surface area contributed by atoms with E-state index in [2.05, 4.69) is 77.7 Å². The predicted octanol–water partition coefficient (Wildman–Crippen LogP) is 4.94. The zero-order chi connectivity index (χ0) is 18.3. The van der Waals surface area contributed by atoms with Gasteiger partial charge in [-0.15, -0.1) is 0 Å². The van der Waals surface area contributed by atoms with E-state index in [4.69, 9.17) is 0 Å². The highest BCUT2D eigenvalue weighted by Crippen LogP contribution is 2.52. The van der Waals surface area contributed by atoms with Gasteiger partial charge in [0, 0.05) is 31.7 Å². The van der Waals surface area contributed by atoms with Crippen molar-refractivity contribution in [1.82, 2.24) is 0 Å². The lowest BCUT2D eigenvalue weighted by Gasteiger charge is -2.45. The number of rotatable bonds is 4. The monoisotopic (exact) mass is 355 g/mol. The average molecular weight is 355 g/mol. The Morgan fingerprint density at radius 3 is 2.26 bits per heavy atom. The lowest BCUT2D eigenvalue weighted by atomic mass is 9.71. The molecule has 1 unspecified atom stereocenters. The molecule has 1 aliphatic carbocycles. The van der Waals surface area contributed by atoms with Crippen LogP contribution >= 0.6 is 0 Å². The number of fused-ring (bicyclic) bond motifs is 5. The number of aliphatic hydroxyl groups is 1. The fourth-order valence-electron chi connectivity index (χ4n) is 5.15. The highest BCUT2D eigenvalue weighted by molar-refractivity contribution is 5.78. The molecule has 1 heterocycles. The molecule has 0 amide bonds. The lowest BCUT2D eigenvalue weighted by Crippen LogP contribution is -2.48. The molecule has 2 heteroatoms. The summed E-state index contributed by atoms with van der Waals surface area (Å²) in [6, 6.07) is 26.7. The van der Waals surface area contributed by atoms with Crippen molar-refractivity contribution in [2.45, 2.75) is 31.2 Å². The van der Waals surface area contributed by atoms with E-state index in [1.54, 1.807) is 0 Å². The van der Waals surface area contributed by atoms with Gasteiger partial charge in [0.2, 0.25) is 0 Å². The average Bonchev–Trinajstić information content (AvgIpc) is 3.02. The van der Waals surface area contributed by atoms with Crippen LogP contribution in [-0.4, -0.2) is 18.3 Å². The number of para-hydroxylation sites is 1. The molecule has 2 aliphatic rings. The number of anilines is 1. The number of aliphatic hydroxyl groups excluding tert-OH is 1. The Kier molecular flexibility index (Phi) is 4.02. The van der Waals surface area contributed by atoms with E-state index in [0.717, 1.165) is 32.2 Å². The molecule has 1 spiro atoms. The van der Waals surface area contributed by atoms with Crippen molar-refractivity contribution in [1.29, 1.82) is 0 Å². The Bertz CT molecular complexity index is 979. The first kappa shape index (κ1) is 16.6. The summed E-state index contributed by atoms with van der Waals surface area (Å²) in [5.74, 6) is 0. The van der Waals surface area contributed by atoms with Crippen molar-refractivity contribution < 1.29 is 5.11 Å². The van der Waals surface area contributed by atoms with Crippen molar-refractivity contribution in [3.05, 3.63) is 89.5 Å². The zero-order valence-electron chi connectivity index (χ0n) is 15.6. The summed E-state index contributed by atoms with van der Waals surface area (Å²) in [4.78, 5) is 2.63. The molecule has 0 aromatic heterocycles. The van der Waals surface area contributed by atoms with E-state index in [0.29, 0.717) is 0 Å². The molecule has 1 aliphatic heterocycles. The third kappa shape index (κ3) is 2.51. The molecule has 3 aromatic carbocycles. The van der Waals surface area contributed by atoms with E-state index in [9.17, 15) is 5.11 Å². The maximum atomic E-state index is 9.31. The van der Waals surface area contributed by atoms with Gasteiger partial charge in [-0.05, 0) is 46.7 Å². The van der Waals surface area contributed by atoms with Crippen LogP contribution in [0.1, 0.15) is 29.5 Å². The van der Waals surface area contributed by atoms with Crippen LogP contribution in [0, 0.1) is 0 Å². The summed E-state index contributed by atoms with van der Waals surface area (Å²) in [7, 11) is 0. The van der Waals surface area contributed by atoms with E-state index in [1.165, 1.54) is 33.5 Å². The smallest absolute Gasteiger partial charge is 0.0741 e. The van der Waals surface area contributed by atoms with Crippen LogP contribution in [0.3, 0.4) is 0 Å². The molecule has 0 saturated carbocycles. The van der Waals surface area contributed by atoms with Crippen LogP contribution in [0.2, 0.25) is 0 Å². The minimum absolute atomic E-state index is 0.0237. The Balaban J connectivity index is 1.68. The van der Waals surface area contributed by atoms with Crippen molar-refractivity contribution in [2.75, 3.05) is 18.1 Å². The van der Waals surface area contributed by atoms with E-state index in [1.807, 2.05) is 0 Å². The summed E-state index contributed by atoms with van der Waals surface area (Å²) in [6.07, 6.45) is 3.95. The first-order chi connectivity index (χ1) is 13.3. The Morgan fingerprint density at radius 2 is 1.41 bits per heavy atom. The van der Waals surface area contributed by atoms with Crippen molar-refractivity contribution in [2.24, 2.45) is 0 Å². The Labute approximate surface area is 161 Å². The first-order valence-electron chi connectivity index (χ1n) is 9.98.